The lowest BCUT2D eigenvalue weighted by molar-refractivity contribution is -0.117. The summed E-state index contributed by atoms with van der Waals surface area (Å²) >= 11 is 1.61. The summed E-state index contributed by atoms with van der Waals surface area (Å²) in [5, 5.41) is 9.43. The number of hydrogen-bond acceptors (Lipinski definition) is 6. The van der Waals surface area contributed by atoms with Gasteiger partial charge < -0.3 is 11.1 Å². The van der Waals surface area contributed by atoms with Crippen molar-refractivity contribution in [2.75, 3.05) is 17.3 Å². The Morgan fingerprint density at radius 1 is 1.48 bits per heavy atom. The molecule has 2 rings (SSSR count). The summed E-state index contributed by atoms with van der Waals surface area (Å²) in [5.74, 6) is -0.216. The number of nitrogens with one attached hydrogen (secondary N) is 2. The number of H-pyrrole nitrogens is 1. The van der Waals surface area contributed by atoms with E-state index in [0.717, 1.165) is 16.8 Å². The number of hydrogen-bond donors (Lipinski definition) is 3. The monoisotopic (exact) mass is 378 g/mol. The molecule has 1 amide bonds. The molecular weight excluding hydrogens is 360 g/mol. The van der Waals surface area contributed by atoms with Crippen LogP contribution in [0.15, 0.2) is 18.2 Å². The molecule has 2 heterocycles. The molecule has 2 aromatic heterocycles. The number of sulfone groups is 1. The molecule has 0 saturated heterocycles. The highest BCUT2D eigenvalue weighted by atomic mass is 35.5. The largest absolute Gasteiger partial charge is 0.320 e. The molecule has 1 atom stereocenters. The fourth-order valence-electron chi connectivity index (χ4n) is 1.78. The predicted molar refractivity (Wildman–Crippen MR) is 94.8 cm³/mol. The molecule has 0 radical (unpaired) electrons. The number of nitrogens with zero attached hydrogens (tertiary/aromatic N) is 1. The van der Waals surface area contributed by atoms with Gasteiger partial charge >= 0.3 is 0 Å². The van der Waals surface area contributed by atoms with E-state index in [-0.39, 0.29) is 24.6 Å². The summed E-state index contributed by atoms with van der Waals surface area (Å²) < 4.78 is 22.2. The van der Waals surface area contributed by atoms with Crippen LogP contribution in [0, 0.1) is 6.92 Å². The van der Waals surface area contributed by atoms with Crippen LogP contribution in [0.1, 0.15) is 11.3 Å². The average molecular weight is 379 g/mol. The Bertz CT molecular complexity index is 770. The molecule has 4 N–H and O–H groups in total. The van der Waals surface area contributed by atoms with Gasteiger partial charge in [0.25, 0.3) is 0 Å². The number of nitrogens with two attached hydrogens (primary N) is 1. The number of carbonyl (C=O) groups is 1. The van der Waals surface area contributed by atoms with Crippen LogP contribution in [-0.2, 0) is 14.6 Å². The second-order valence-electron chi connectivity index (χ2n) is 5.09. The van der Waals surface area contributed by atoms with Crippen molar-refractivity contribution in [2.45, 2.75) is 19.4 Å². The number of aromatic amines is 1. The SMILES string of the molecule is Cc1ccc(-c2cc(NC(=O)C(N)CCS(C)(=O)=O)n[nH]2)s1.Cl. The van der Waals surface area contributed by atoms with E-state index in [1.807, 2.05) is 19.1 Å². The van der Waals surface area contributed by atoms with Crippen molar-refractivity contribution < 1.29 is 13.2 Å². The summed E-state index contributed by atoms with van der Waals surface area (Å²) in [6, 6.07) is 4.79. The van der Waals surface area contributed by atoms with E-state index in [0.29, 0.717) is 5.82 Å². The first-order valence-corrected chi connectivity index (χ1v) is 9.49. The number of aryl methyl sites for hydroxylation is 1. The third-order valence-electron chi connectivity index (χ3n) is 2.97. The van der Waals surface area contributed by atoms with Gasteiger partial charge in [-0.15, -0.1) is 23.7 Å². The third kappa shape index (κ3) is 5.94. The van der Waals surface area contributed by atoms with Crippen LogP contribution in [0.4, 0.5) is 5.82 Å². The Morgan fingerprint density at radius 2 is 2.17 bits per heavy atom. The number of anilines is 1. The first-order valence-electron chi connectivity index (χ1n) is 6.61. The molecule has 0 bridgehead atoms. The number of aromatic nitrogens is 2. The van der Waals surface area contributed by atoms with E-state index in [9.17, 15) is 13.2 Å². The molecule has 7 nitrogen and oxygen atoms in total. The minimum atomic E-state index is -3.14. The van der Waals surface area contributed by atoms with E-state index in [1.54, 1.807) is 17.4 Å². The second kappa shape index (κ2) is 7.91. The maximum Gasteiger partial charge on any atom is 0.242 e. The summed E-state index contributed by atoms with van der Waals surface area (Å²) in [4.78, 5) is 14.1. The fraction of sp³-hybridized carbons (Fsp3) is 0.385. The number of rotatable bonds is 6. The van der Waals surface area contributed by atoms with Gasteiger partial charge in [0.1, 0.15) is 9.84 Å². The van der Waals surface area contributed by atoms with Gasteiger partial charge in [-0.05, 0) is 25.5 Å². The van der Waals surface area contributed by atoms with Crippen molar-refractivity contribution in [3.05, 3.63) is 23.1 Å². The zero-order valence-corrected chi connectivity index (χ0v) is 15.1. The van der Waals surface area contributed by atoms with Gasteiger partial charge in [-0.2, -0.15) is 5.10 Å². The highest BCUT2D eigenvalue weighted by Gasteiger charge is 2.17. The molecule has 0 saturated carbocycles. The topological polar surface area (TPSA) is 118 Å². The lowest BCUT2D eigenvalue weighted by Gasteiger charge is -2.09. The maximum absolute atomic E-state index is 11.9. The maximum atomic E-state index is 11.9. The number of thiophene rings is 1. The minimum Gasteiger partial charge on any atom is -0.320 e. The van der Waals surface area contributed by atoms with Crippen molar-refractivity contribution in [1.82, 2.24) is 10.2 Å². The fourth-order valence-corrected chi connectivity index (χ4v) is 3.30. The number of carbonyl (C=O) groups excluding carboxylic acids is 1. The van der Waals surface area contributed by atoms with Crippen LogP contribution >= 0.6 is 23.7 Å². The Kier molecular flexibility index (Phi) is 6.75. The minimum absolute atomic E-state index is 0. The molecule has 23 heavy (non-hydrogen) atoms. The first kappa shape index (κ1) is 19.6. The van der Waals surface area contributed by atoms with Crippen LogP contribution in [-0.4, -0.2) is 42.6 Å². The van der Waals surface area contributed by atoms with E-state index < -0.39 is 21.8 Å². The van der Waals surface area contributed by atoms with E-state index in [4.69, 9.17) is 5.73 Å². The zero-order valence-electron chi connectivity index (χ0n) is 12.7. The van der Waals surface area contributed by atoms with Crippen LogP contribution in [0.3, 0.4) is 0 Å². The molecule has 0 fully saturated rings. The predicted octanol–water partition coefficient (Wildman–Crippen LogP) is 1.57. The average Bonchev–Trinajstić information content (AvgIpc) is 3.04. The molecule has 1 unspecified atom stereocenters. The van der Waals surface area contributed by atoms with Crippen molar-refractivity contribution in [2.24, 2.45) is 5.73 Å². The van der Waals surface area contributed by atoms with Gasteiger partial charge in [-0.3, -0.25) is 9.89 Å². The Balaban J connectivity index is 0.00000264. The lowest BCUT2D eigenvalue weighted by atomic mass is 10.2. The molecule has 2 aromatic rings. The van der Waals surface area contributed by atoms with Crippen LogP contribution < -0.4 is 11.1 Å². The summed E-state index contributed by atoms with van der Waals surface area (Å²) in [7, 11) is -3.14. The lowest BCUT2D eigenvalue weighted by Crippen LogP contribution is -2.37. The smallest absolute Gasteiger partial charge is 0.242 e. The first-order chi connectivity index (χ1) is 10.2. The van der Waals surface area contributed by atoms with Gasteiger partial charge in [-0.1, -0.05) is 0 Å². The quantitative estimate of drug-likeness (QED) is 0.705. The normalized spacial score (nSPS) is 12.5. The van der Waals surface area contributed by atoms with E-state index in [2.05, 4.69) is 15.5 Å². The Labute approximate surface area is 145 Å². The van der Waals surface area contributed by atoms with Gasteiger partial charge in [0.15, 0.2) is 5.82 Å². The Hall–Kier alpha value is -1.42. The van der Waals surface area contributed by atoms with Gasteiger partial charge in [0, 0.05) is 17.2 Å². The van der Waals surface area contributed by atoms with E-state index >= 15 is 0 Å². The van der Waals surface area contributed by atoms with Crippen molar-refractivity contribution in [3.63, 3.8) is 0 Å². The van der Waals surface area contributed by atoms with Crippen molar-refractivity contribution in [3.8, 4) is 10.6 Å². The summed E-state index contributed by atoms with van der Waals surface area (Å²) in [6.45, 7) is 2.01. The van der Waals surface area contributed by atoms with Gasteiger partial charge in [0.05, 0.1) is 22.4 Å². The van der Waals surface area contributed by atoms with Crippen molar-refractivity contribution >= 4 is 45.3 Å². The molecule has 10 heteroatoms. The Morgan fingerprint density at radius 3 is 2.74 bits per heavy atom. The standard InChI is InChI=1S/C13H18N4O3S2.ClH/c1-8-3-4-11(21-8)10-7-12(17-16-10)15-13(18)9(14)5-6-22(2,19)20;/h3-4,7,9H,5-6,14H2,1-2H3,(H2,15,16,17,18);1H. The molecule has 0 aliphatic rings. The highest BCUT2D eigenvalue weighted by molar-refractivity contribution is 7.90. The zero-order chi connectivity index (χ0) is 16.3. The number of amides is 1. The van der Waals surface area contributed by atoms with Crippen LogP contribution in [0.25, 0.3) is 10.6 Å². The van der Waals surface area contributed by atoms with E-state index in [1.165, 1.54) is 4.88 Å². The highest BCUT2D eigenvalue weighted by Crippen LogP contribution is 2.27. The summed E-state index contributed by atoms with van der Waals surface area (Å²) in [5.41, 5.74) is 6.48. The summed E-state index contributed by atoms with van der Waals surface area (Å²) in [6.07, 6.45) is 1.19. The van der Waals surface area contributed by atoms with Gasteiger partial charge in [0.2, 0.25) is 5.91 Å². The van der Waals surface area contributed by atoms with Gasteiger partial charge in [-0.25, -0.2) is 8.42 Å². The number of halogens is 1. The molecule has 0 aliphatic carbocycles. The molecule has 0 aliphatic heterocycles. The molecule has 0 aromatic carbocycles. The molecular formula is C13H19ClN4O3S2. The second-order valence-corrected chi connectivity index (χ2v) is 8.64. The molecule has 128 valence electrons. The van der Waals surface area contributed by atoms with Crippen molar-refractivity contribution in [1.29, 1.82) is 0 Å². The molecule has 0 spiro atoms. The van der Waals surface area contributed by atoms with Crippen LogP contribution in [0.5, 0.6) is 0 Å². The third-order valence-corrected chi connectivity index (χ3v) is 4.98. The van der Waals surface area contributed by atoms with Crippen LogP contribution in [0.2, 0.25) is 0 Å².